The molecule has 156 valence electrons. The summed E-state index contributed by atoms with van der Waals surface area (Å²) in [6.45, 7) is 6.20. The fourth-order valence-electron chi connectivity index (χ4n) is 4.64. The predicted octanol–water partition coefficient (Wildman–Crippen LogP) is 1.91. The van der Waals surface area contributed by atoms with Gasteiger partial charge < -0.3 is 20.1 Å². The normalized spacial score (nSPS) is 20.8. The minimum atomic E-state index is 0.270. The van der Waals surface area contributed by atoms with Crippen LogP contribution in [0.25, 0.3) is 0 Å². The van der Waals surface area contributed by atoms with Crippen LogP contribution in [-0.2, 0) is 22.3 Å². The fourth-order valence-corrected chi connectivity index (χ4v) is 4.64. The highest BCUT2D eigenvalue weighted by Gasteiger charge is 2.22. The van der Waals surface area contributed by atoms with Crippen LogP contribution in [0.1, 0.15) is 53.7 Å². The molecule has 4 N–H and O–H groups in total. The number of ether oxygens (including phenoxy) is 2. The zero-order valence-corrected chi connectivity index (χ0v) is 17.5. The minimum absolute atomic E-state index is 0.270. The van der Waals surface area contributed by atoms with Crippen molar-refractivity contribution in [1.29, 1.82) is 0 Å². The lowest BCUT2D eigenvalue weighted by molar-refractivity contribution is -0.666. The van der Waals surface area contributed by atoms with Crippen molar-refractivity contribution in [3.8, 4) is 0 Å². The third kappa shape index (κ3) is 5.67. The topological polar surface area (TPSA) is 51.7 Å². The Bertz CT molecular complexity index is 700. The second kappa shape index (κ2) is 10.9. The number of quaternary nitrogens is 2. The highest BCUT2D eigenvalue weighted by Crippen LogP contribution is 2.26. The summed E-state index contributed by atoms with van der Waals surface area (Å²) in [6.07, 6.45) is 6.52. The smallest absolute Gasteiger partial charge is 0.131 e. The Hall–Kier alpha value is -1.72. The number of nitrogens with two attached hydrogens (primary N) is 2. The number of rotatable bonds is 10. The van der Waals surface area contributed by atoms with Crippen molar-refractivity contribution in [2.75, 3.05) is 39.4 Å². The average molecular weight is 397 g/mol. The third-order valence-electron chi connectivity index (χ3n) is 6.26. The van der Waals surface area contributed by atoms with Crippen molar-refractivity contribution in [2.24, 2.45) is 0 Å². The van der Waals surface area contributed by atoms with E-state index in [9.17, 15) is 0 Å². The van der Waals surface area contributed by atoms with Crippen LogP contribution in [0.4, 0.5) is 0 Å². The minimum Gasteiger partial charge on any atom is -0.367 e. The van der Waals surface area contributed by atoms with Crippen molar-refractivity contribution in [1.82, 2.24) is 0 Å². The molecule has 0 amide bonds. The van der Waals surface area contributed by atoms with Crippen molar-refractivity contribution in [2.45, 2.75) is 44.3 Å². The van der Waals surface area contributed by atoms with Gasteiger partial charge in [-0.3, -0.25) is 0 Å². The Morgan fingerprint density at radius 2 is 1.14 bits per heavy atom. The van der Waals surface area contributed by atoms with E-state index in [0.717, 1.165) is 39.1 Å². The Labute approximate surface area is 175 Å². The lowest BCUT2D eigenvalue weighted by Gasteiger charge is -2.25. The lowest BCUT2D eigenvalue weighted by atomic mass is 9.97. The van der Waals surface area contributed by atoms with Crippen LogP contribution >= 0.6 is 0 Å². The van der Waals surface area contributed by atoms with Crippen LogP contribution in [0.5, 0.6) is 0 Å². The first-order valence-electron chi connectivity index (χ1n) is 11.4. The summed E-state index contributed by atoms with van der Waals surface area (Å²) in [4.78, 5) is 0. The molecule has 2 aliphatic rings. The quantitative estimate of drug-likeness (QED) is 0.603. The highest BCUT2D eigenvalue weighted by atomic mass is 16.5. The summed E-state index contributed by atoms with van der Waals surface area (Å²) < 4.78 is 12.0. The Kier molecular flexibility index (Phi) is 7.71. The second-order valence-corrected chi connectivity index (χ2v) is 8.30. The maximum Gasteiger partial charge on any atom is 0.131 e. The number of benzene rings is 2. The van der Waals surface area contributed by atoms with Crippen LogP contribution in [-0.4, -0.2) is 39.4 Å². The van der Waals surface area contributed by atoms with Gasteiger partial charge in [0.1, 0.15) is 25.3 Å². The maximum absolute atomic E-state index is 6.00. The zero-order valence-electron chi connectivity index (χ0n) is 17.5. The average Bonchev–Trinajstić information content (AvgIpc) is 2.78. The molecule has 29 heavy (non-hydrogen) atoms. The van der Waals surface area contributed by atoms with Crippen molar-refractivity contribution >= 4 is 0 Å². The SMILES string of the molecule is c1ccc2c(c1)CCO[C@H]2C[NH2+]CCCCC[NH2+]C[C@H]1OCCc2ccccc21. The van der Waals surface area contributed by atoms with Gasteiger partial charge in [0.15, 0.2) is 0 Å². The molecule has 2 aromatic carbocycles. The van der Waals surface area contributed by atoms with Crippen LogP contribution in [0.2, 0.25) is 0 Å². The van der Waals surface area contributed by atoms with Gasteiger partial charge in [-0.15, -0.1) is 0 Å². The highest BCUT2D eigenvalue weighted by molar-refractivity contribution is 5.31. The molecule has 4 rings (SSSR count). The van der Waals surface area contributed by atoms with E-state index in [1.807, 2.05) is 0 Å². The van der Waals surface area contributed by atoms with Crippen LogP contribution in [0.3, 0.4) is 0 Å². The number of unbranched alkanes of at least 4 members (excludes halogenated alkanes) is 2. The Balaban J connectivity index is 1.06. The van der Waals surface area contributed by atoms with Gasteiger partial charge in [-0.05, 0) is 54.4 Å². The van der Waals surface area contributed by atoms with Gasteiger partial charge in [0.25, 0.3) is 0 Å². The molecule has 2 aromatic rings. The molecule has 0 unspecified atom stereocenters. The van der Waals surface area contributed by atoms with Gasteiger partial charge in [-0.25, -0.2) is 0 Å². The molecule has 0 fully saturated rings. The standard InChI is InChI=1S/C25H34N2O2/c1(6-14-26-18-24-22-10-4-2-8-20(22)12-16-28-24)7-15-27-19-25-23-11-5-3-9-21(23)13-17-29-25/h2-5,8-11,24-27H,1,6-7,12-19H2/p+2/t24-,25+. The monoisotopic (exact) mass is 396 g/mol. The summed E-state index contributed by atoms with van der Waals surface area (Å²) in [6, 6.07) is 17.5. The summed E-state index contributed by atoms with van der Waals surface area (Å²) >= 11 is 0. The summed E-state index contributed by atoms with van der Waals surface area (Å²) in [5.74, 6) is 0. The summed E-state index contributed by atoms with van der Waals surface area (Å²) in [5, 5.41) is 4.87. The molecule has 2 aliphatic heterocycles. The van der Waals surface area contributed by atoms with Gasteiger partial charge in [0, 0.05) is 0 Å². The van der Waals surface area contributed by atoms with Crippen LogP contribution in [0.15, 0.2) is 48.5 Å². The van der Waals surface area contributed by atoms with Crippen LogP contribution in [0, 0.1) is 0 Å². The van der Waals surface area contributed by atoms with Crippen molar-refractivity contribution in [3.05, 3.63) is 70.8 Å². The largest absolute Gasteiger partial charge is 0.367 e. The van der Waals surface area contributed by atoms with E-state index in [2.05, 4.69) is 59.2 Å². The van der Waals surface area contributed by atoms with Gasteiger partial charge in [-0.1, -0.05) is 48.5 Å². The maximum atomic E-state index is 6.00. The molecule has 0 aromatic heterocycles. The van der Waals surface area contributed by atoms with Crippen molar-refractivity contribution in [3.63, 3.8) is 0 Å². The molecule has 0 saturated carbocycles. The molecule has 0 radical (unpaired) electrons. The molecule has 0 bridgehead atoms. The molecule has 2 atom stereocenters. The van der Waals surface area contributed by atoms with E-state index in [1.54, 1.807) is 0 Å². The number of hydrogen-bond donors (Lipinski definition) is 2. The first-order valence-corrected chi connectivity index (χ1v) is 11.4. The van der Waals surface area contributed by atoms with E-state index in [1.165, 1.54) is 54.6 Å². The Morgan fingerprint density at radius 1 is 0.655 bits per heavy atom. The molecule has 0 saturated heterocycles. The zero-order chi connectivity index (χ0) is 19.7. The molecular formula is C25H36N2O2+2. The van der Waals surface area contributed by atoms with E-state index < -0.39 is 0 Å². The first kappa shape index (κ1) is 20.5. The predicted molar refractivity (Wildman–Crippen MR) is 115 cm³/mol. The molecule has 0 aliphatic carbocycles. The first-order chi connectivity index (χ1) is 14.4. The van der Waals surface area contributed by atoms with Gasteiger partial charge in [-0.2, -0.15) is 0 Å². The van der Waals surface area contributed by atoms with Gasteiger partial charge >= 0.3 is 0 Å². The molecular weight excluding hydrogens is 360 g/mol. The lowest BCUT2D eigenvalue weighted by Crippen LogP contribution is -2.86. The van der Waals surface area contributed by atoms with E-state index in [0.29, 0.717) is 0 Å². The third-order valence-corrected chi connectivity index (χ3v) is 6.26. The molecule has 2 heterocycles. The molecule has 4 heteroatoms. The fraction of sp³-hybridized carbons (Fsp3) is 0.520. The van der Waals surface area contributed by atoms with Crippen molar-refractivity contribution < 1.29 is 20.1 Å². The van der Waals surface area contributed by atoms with Crippen LogP contribution < -0.4 is 10.6 Å². The van der Waals surface area contributed by atoms with Gasteiger partial charge in [0.05, 0.1) is 26.3 Å². The summed E-state index contributed by atoms with van der Waals surface area (Å²) in [7, 11) is 0. The van der Waals surface area contributed by atoms with E-state index >= 15 is 0 Å². The second-order valence-electron chi connectivity index (χ2n) is 8.30. The van der Waals surface area contributed by atoms with Gasteiger partial charge in [0.2, 0.25) is 0 Å². The summed E-state index contributed by atoms with van der Waals surface area (Å²) in [5.41, 5.74) is 5.74. The Morgan fingerprint density at radius 3 is 1.66 bits per heavy atom. The number of hydrogen-bond acceptors (Lipinski definition) is 2. The van der Waals surface area contributed by atoms with E-state index in [-0.39, 0.29) is 12.2 Å². The van der Waals surface area contributed by atoms with E-state index in [4.69, 9.17) is 9.47 Å². The molecule has 0 spiro atoms. The number of fused-ring (bicyclic) bond motifs is 2. The molecule has 4 nitrogen and oxygen atoms in total.